The molecule has 0 aromatic rings. The fourth-order valence-corrected chi connectivity index (χ4v) is 1.28. The topological polar surface area (TPSA) is 52.6 Å². The van der Waals surface area contributed by atoms with Gasteiger partial charge in [0.25, 0.3) is 0 Å². The molecular weight excluding hydrogens is 232 g/mol. The summed E-state index contributed by atoms with van der Waals surface area (Å²) in [7, 11) is 1.48. The second kappa shape index (κ2) is 5.93. The van der Waals surface area contributed by atoms with Gasteiger partial charge in [0.05, 0.1) is 0 Å². The Bertz CT molecular complexity index is 281. The highest BCUT2D eigenvalue weighted by Crippen LogP contribution is 2.26. The van der Waals surface area contributed by atoms with Crippen molar-refractivity contribution < 1.29 is 19.1 Å². The van der Waals surface area contributed by atoms with E-state index in [-0.39, 0.29) is 11.6 Å². The van der Waals surface area contributed by atoms with Gasteiger partial charge in [0.2, 0.25) is 0 Å². The summed E-state index contributed by atoms with van der Waals surface area (Å²) in [6.45, 7) is 12.3. The first kappa shape index (κ1) is 17.3. The maximum atomic E-state index is 12.3. The van der Waals surface area contributed by atoms with Gasteiger partial charge < -0.3 is 9.47 Å². The number of Topliss-reactive ketones (excluding diaryl/α,β-unsaturated/α-hetero) is 2. The Hall–Kier alpha value is -0.740. The molecule has 0 bridgehead atoms. The molecule has 4 nitrogen and oxygen atoms in total. The number of carbonyl (C=O) groups is 2. The largest absolute Gasteiger partial charge is 0.356 e. The molecule has 0 aliphatic carbocycles. The highest BCUT2D eigenvalue weighted by Gasteiger charge is 2.40. The highest BCUT2D eigenvalue weighted by molar-refractivity contribution is 6.09. The maximum absolute atomic E-state index is 12.3. The van der Waals surface area contributed by atoms with Crippen LogP contribution in [0, 0.1) is 10.8 Å². The fraction of sp³-hybridized carbons (Fsp3) is 0.857. The summed E-state index contributed by atoms with van der Waals surface area (Å²) in [6, 6.07) is 0. The lowest BCUT2D eigenvalue weighted by molar-refractivity contribution is -0.178. The highest BCUT2D eigenvalue weighted by atomic mass is 16.7. The molecule has 0 spiro atoms. The normalized spacial score (nSPS) is 14.7. The van der Waals surface area contributed by atoms with Crippen molar-refractivity contribution in [2.24, 2.45) is 10.8 Å². The van der Waals surface area contributed by atoms with Gasteiger partial charge in [-0.25, -0.2) is 0 Å². The Balaban J connectivity index is 5.20. The summed E-state index contributed by atoms with van der Waals surface area (Å²) in [4.78, 5) is 24.6. The van der Waals surface area contributed by atoms with E-state index in [1.54, 1.807) is 48.5 Å². The van der Waals surface area contributed by atoms with Crippen LogP contribution in [0.3, 0.4) is 0 Å². The molecule has 0 saturated carbocycles. The van der Waals surface area contributed by atoms with Crippen molar-refractivity contribution in [2.45, 2.75) is 60.9 Å². The number of rotatable bonds is 5. The molecule has 106 valence electrons. The van der Waals surface area contributed by atoms with E-state index in [1.807, 2.05) is 0 Å². The minimum absolute atomic E-state index is 0.216. The Labute approximate surface area is 110 Å². The summed E-state index contributed by atoms with van der Waals surface area (Å²) in [5.41, 5.74) is -1.25. The van der Waals surface area contributed by atoms with Crippen molar-refractivity contribution in [3.63, 3.8) is 0 Å². The number of hydrogen-bond donors (Lipinski definition) is 0. The zero-order valence-electron chi connectivity index (χ0n) is 12.8. The monoisotopic (exact) mass is 258 g/mol. The van der Waals surface area contributed by atoms with Gasteiger partial charge in [0.1, 0.15) is 0 Å². The number of carbonyl (C=O) groups excluding carboxylic acids is 2. The van der Waals surface area contributed by atoms with Crippen molar-refractivity contribution in [2.75, 3.05) is 7.11 Å². The lowest BCUT2D eigenvalue weighted by atomic mass is 9.79. The molecule has 0 aliphatic heterocycles. The van der Waals surface area contributed by atoms with E-state index in [0.29, 0.717) is 0 Å². The van der Waals surface area contributed by atoms with Crippen LogP contribution >= 0.6 is 0 Å². The Morgan fingerprint density at radius 3 is 1.44 bits per heavy atom. The van der Waals surface area contributed by atoms with Crippen LogP contribution in [-0.4, -0.2) is 31.1 Å². The van der Waals surface area contributed by atoms with E-state index in [4.69, 9.17) is 9.47 Å². The summed E-state index contributed by atoms with van der Waals surface area (Å²) >= 11 is 0. The van der Waals surface area contributed by atoms with Crippen molar-refractivity contribution in [3.05, 3.63) is 0 Å². The van der Waals surface area contributed by atoms with Crippen LogP contribution in [0.2, 0.25) is 0 Å². The summed E-state index contributed by atoms with van der Waals surface area (Å²) in [6.07, 6.45) is -1.66. The van der Waals surface area contributed by atoms with Crippen LogP contribution in [0.5, 0.6) is 0 Å². The van der Waals surface area contributed by atoms with E-state index in [1.165, 1.54) is 7.11 Å². The molecule has 0 amide bonds. The molecule has 0 saturated heterocycles. The first-order chi connectivity index (χ1) is 7.91. The van der Waals surface area contributed by atoms with Crippen LogP contribution in [0.15, 0.2) is 0 Å². The molecule has 4 heteroatoms. The van der Waals surface area contributed by atoms with E-state index in [9.17, 15) is 9.59 Å². The first-order valence-corrected chi connectivity index (χ1v) is 6.18. The van der Waals surface area contributed by atoms with E-state index < -0.39 is 23.2 Å². The Morgan fingerprint density at radius 1 is 0.889 bits per heavy atom. The van der Waals surface area contributed by atoms with Gasteiger partial charge in [-0.15, -0.1) is 0 Å². The molecule has 0 heterocycles. The second-order valence-corrected chi connectivity index (χ2v) is 6.55. The van der Waals surface area contributed by atoms with Crippen LogP contribution < -0.4 is 0 Å². The number of ether oxygens (including phenoxy) is 2. The van der Waals surface area contributed by atoms with Gasteiger partial charge >= 0.3 is 0 Å². The van der Waals surface area contributed by atoms with E-state index in [2.05, 4.69) is 0 Å². The van der Waals surface area contributed by atoms with E-state index in [0.717, 1.165) is 0 Å². The molecule has 0 aromatic heterocycles. The Morgan fingerprint density at radius 2 is 1.22 bits per heavy atom. The van der Waals surface area contributed by atoms with Gasteiger partial charge in [-0.2, -0.15) is 0 Å². The second-order valence-electron chi connectivity index (χ2n) is 6.55. The smallest absolute Gasteiger partial charge is 0.178 e. The molecule has 0 aliphatic rings. The molecule has 0 aromatic carbocycles. The predicted molar refractivity (Wildman–Crippen MR) is 70.3 cm³/mol. The SMILES string of the molecule is COC(C)OC(C(=O)C(C)(C)C)C(=O)C(C)(C)C. The predicted octanol–water partition coefficient (Wildman–Crippen LogP) is 2.59. The number of ketones is 2. The van der Waals surface area contributed by atoms with Gasteiger partial charge in [-0.05, 0) is 6.92 Å². The third-order valence-electron chi connectivity index (χ3n) is 2.61. The van der Waals surface area contributed by atoms with Crippen LogP contribution in [0.25, 0.3) is 0 Å². The zero-order chi connectivity index (χ0) is 14.7. The molecule has 1 atom stereocenters. The lowest BCUT2D eigenvalue weighted by Gasteiger charge is -2.30. The van der Waals surface area contributed by atoms with Crippen molar-refractivity contribution >= 4 is 11.6 Å². The average Bonchev–Trinajstić information content (AvgIpc) is 2.20. The fourth-order valence-electron chi connectivity index (χ4n) is 1.28. The quantitative estimate of drug-likeness (QED) is 0.562. The molecular formula is C14H26O4. The first-order valence-electron chi connectivity index (χ1n) is 6.18. The van der Waals surface area contributed by atoms with Crippen LogP contribution in [-0.2, 0) is 19.1 Å². The summed E-state index contributed by atoms with van der Waals surface area (Å²) < 4.78 is 10.4. The molecule has 0 fully saturated rings. The van der Waals surface area contributed by atoms with Gasteiger partial charge in [0, 0.05) is 17.9 Å². The molecule has 18 heavy (non-hydrogen) atoms. The molecule has 0 N–H and O–H groups in total. The molecule has 1 unspecified atom stereocenters. The maximum Gasteiger partial charge on any atom is 0.178 e. The van der Waals surface area contributed by atoms with Crippen molar-refractivity contribution in [3.8, 4) is 0 Å². The van der Waals surface area contributed by atoms with E-state index >= 15 is 0 Å². The number of hydrogen-bond acceptors (Lipinski definition) is 4. The Kier molecular flexibility index (Phi) is 5.69. The van der Waals surface area contributed by atoms with Crippen LogP contribution in [0.4, 0.5) is 0 Å². The third kappa shape index (κ3) is 4.86. The molecule has 0 rings (SSSR count). The van der Waals surface area contributed by atoms with Crippen molar-refractivity contribution in [1.29, 1.82) is 0 Å². The average molecular weight is 258 g/mol. The summed E-state index contributed by atoms with van der Waals surface area (Å²) in [5.74, 6) is -0.433. The standard InChI is InChI=1S/C14H26O4/c1-9(17-8)18-10(11(15)13(2,3)4)12(16)14(5,6)7/h9-10H,1-8H3. The lowest BCUT2D eigenvalue weighted by Crippen LogP contribution is -2.46. The van der Waals surface area contributed by atoms with Crippen molar-refractivity contribution in [1.82, 2.24) is 0 Å². The van der Waals surface area contributed by atoms with Crippen LogP contribution in [0.1, 0.15) is 48.5 Å². The zero-order valence-corrected chi connectivity index (χ0v) is 12.8. The van der Waals surface area contributed by atoms with Gasteiger partial charge in [-0.3, -0.25) is 9.59 Å². The molecule has 0 radical (unpaired) electrons. The minimum atomic E-state index is -1.07. The third-order valence-corrected chi connectivity index (χ3v) is 2.61. The number of methoxy groups -OCH3 is 1. The van der Waals surface area contributed by atoms with Gasteiger partial charge in [0.15, 0.2) is 24.0 Å². The minimum Gasteiger partial charge on any atom is -0.356 e. The summed E-state index contributed by atoms with van der Waals surface area (Å²) in [5, 5.41) is 0. The van der Waals surface area contributed by atoms with Gasteiger partial charge in [-0.1, -0.05) is 41.5 Å².